The highest BCUT2D eigenvalue weighted by molar-refractivity contribution is 7.90. The Balaban J connectivity index is 1.76. The summed E-state index contributed by atoms with van der Waals surface area (Å²) in [7, 11) is -3.56. The minimum absolute atomic E-state index is 0.0297. The molecule has 1 N–H and O–H groups in total. The zero-order chi connectivity index (χ0) is 18.0. The summed E-state index contributed by atoms with van der Waals surface area (Å²) in [6, 6.07) is 12.3. The van der Waals surface area contributed by atoms with Crippen molar-refractivity contribution in [1.29, 1.82) is 0 Å². The van der Waals surface area contributed by atoms with Gasteiger partial charge >= 0.3 is 0 Å². The van der Waals surface area contributed by atoms with Gasteiger partial charge in [-0.15, -0.1) is 0 Å². The summed E-state index contributed by atoms with van der Waals surface area (Å²) in [6.07, 6.45) is 4.06. The molecule has 3 rings (SSSR count). The van der Waals surface area contributed by atoms with Crippen molar-refractivity contribution in [3.05, 3.63) is 63.7 Å². The van der Waals surface area contributed by atoms with Crippen LogP contribution >= 0.6 is 0 Å². The molecule has 0 heterocycles. The molecule has 7 heteroatoms. The van der Waals surface area contributed by atoms with Crippen LogP contribution in [0.2, 0.25) is 0 Å². The van der Waals surface area contributed by atoms with E-state index in [2.05, 4.69) is 17.4 Å². The second kappa shape index (κ2) is 6.84. The van der Waals surface area contributed by atoms with Crippen molar-refractivity contribution in [2.45, 2.75) is 24.2 Å². The van der Waals surface area contributed by atoms with E-state index >= 15 is 0 Å². The molecule has 132 valence electrons. The van der Waals surface area contributed by atoms with E-state index in [1.165, 1.54) is 23.3 Å². The van der Waals surface area contributed by atoms with Crippen LogP contribution in [0.5, 0.6) is 0 Å². The van der Waals surface area contributed by atoms with Gasteiger partial charge in [-0.2, -0.15) is 0 Å². The molecule has 0 aromatic heterocycles. The normalized spacial score (nSPS) is 16.9. The molecule has 0 fully saturated rings. The van der Waals surface area contributed by atoms with Crippen molar-refractivity contribution in [3.8, 4) is 0 Å². The van der Waals surface area contributed by atoms with E-state index in [0.717, 1.165) is 31.6 Å². The Bertz CT molecular complexity index is 909. The highest BCUT2D eigenvalue weighted by Gasteiger charge is 2.21. The van der Waals surface area contributed by atoms with Gasteiger partial charge in [0.25, 0.3) is 5.69 Å². The zero-order valence-electron chi connectivity index (χ0n) is 13.9. The second-order valence-corrected chi connectivity index (χ2v) is 8.45. The van der Waals surface area contributed by atoms with Crippen molar-refractivity contribution >= 4 is 21.2 Å². The number of aryl methyl sites for hydroxylation is 1. The highest BCUT2D eigenvalue weighted by Crippen LogP contribution is 2.29. The van der Waals surface area contributed by atoms with E-state index in [-0.39, 0.29) is 10.6 Å². The van der Waals surface area contributed by atoms with E-state index in [1.54, 1.807) is 0 Å². The number of hydrogen-bond donors (Lipinski definition) is 1. The summed E-state index contributed by atoms with van der Waals surface area (Å²) in [5.41, 5.74) is 2.92. The maximum atomic E-state index is 12.0. The Morgan fingerprint density at radius 2 is 1.92 bits per heavy atom. The van der Waals surface area contributed by atoms with E-state index in [0.29, 0.717) is 18.2 Å². The van der Waals surface area contributed by atoms with Gasteiger partial charge in [-0.3, -0.25) is 10.1 Å². The van der Waals surface area contributed by atoms with Crippen molar-refractivity contribution < 1.29 is 13.3 Å². The lowest BCUT2D eigenvalue weighted by molar-refractivity contribution is -0.385. The Morgan fingerprint density at radius 1 is 1.20 bits per heavy atom. The Morgan fingerprint density at radius 3 is 2.60 bits per heavy atom. The van der Waals surface area contributed by atoms with E-state index in [4.69, 9.17) is 0 Å². The summed E-state index contributed by atoms with van der Waals surface area (Å²) >= 11 is 0. The van der Waals surface area contributed by atoms with Crippen LogP contribution < -0.4 is 5.32 Å². The van der Waals surface area contributed by atoms with Crippen molar-refractivity contribution in [1.82, 2.24) is 0 Å². The molecule has 1 unspecified atom stereocenters. The summed E-state index contributed by atoms with van der Waals surface area (Å²) < 4.78 is 24.0. The van der Waals surface area contributed by atoms with Crippen LogP contribution in [-0.2, 0) is 22.7 Å². The molecule has 1 aliphatic rings. The molecule has 0 spiro atoms. The number of benzene rings is 2. The fraction of sp³-hybridized carbons (Fsp3) is 0.333. The molecule has 6 nitrogen and oxygen atoms in total. The molecule has 1 aliphatic carbocycles. The molecule has 0 saturated heterocycles. The lowest BCUT2D eigenvalue weighted by Gasteiger charge is -2.25. The van der Waals surface area contributed by atoms with Crippen LogP contribution in [0.3, 0.4) is 0 Å². The fourth-order valence-electron chi connectivity index (χ4n) is 3.28. The first-order valence-corrected chi connectivity index (χ1v) is 10.0. The standard InChI is InChI=1S/C18H20N2O4S/c1-25(23,24)18-11-16(20(21)22)8-9-17(18)19-12-13-6-7-14-4-2-3-5-15(14)10-13/h2-5,8-9,11,13,19H,6-7,10,12H2,1H3. The number of rotatable bonds is 5. The highest BCUT2D eigenvalue weighted by atomic mass is 32.2. The van der Waals surface area contributed by atoms with Crippen molar-refractivity contribution in [3.63, 3.8) is 0 Å². The average molecular weight is 360 g/mol. The molecule has 0 bridgehead atoms. The van der Waals surface area contributed by atoms with Gasteiger partial charge in [0.05, 0.1) is 15.5 Å². The molecule has 2 aromatic carbocycles. The average Bonchev–Trinajstić information content (AvgIpc) is 2.58. The summed E-state index contributed by atoms with van der Waals surface area (Å²) in [6.45, 7) is 0.634. The number of nitro groups is 1. The van der Waals surface area contributed by atoms with Gasteiger partial charge in [-0.25, -0.2) is 8.42 Å². The maximum absolute atomic E-state index is 12.0. The minimum atomic E-state index is -3.56. The number of fused-ring (bicyclic) bond motifs is 1. The maximum Gasteiger partial charge on any atom is 0.270 e. The largest absolute Gasteiger partial charge is 0.384 e. The molecular weight excluding hydrogens is 340 g/mol. The number of sulfone groups is 1. The molecule has 2 aromatic rings. The summed E-state index contributed by atoms with van der Waals surface area (Å²) in [5, 5.41) is 14.1. The predicted molar refractivity (Wildman–Crippen MR) is 96.7 cm³/mol. The van der Waals surface area contributed by atoms with Gasteiger partial charge in [-0.05, 0) is 42.4 Å². The fourth-order valence-corrected chi connectivity index (χ4v) is 4.15. The van der Waals surface area contributed by atoms with Gasteiger partial charge in [0.2, 0.25) is 0 Å². The third kappa shape index (κ3) is 3.99. The van der Waals surface area contributed by atoms with E-state index in [9.17, 15) is 18.5 Å². The molecule has 0 saturated carbocycles. The molecule has 1 atom stereocenters. The van der Waals surface area contributed by atoms with Gasteiger partial charge in [0.15, 0.2) is 9.84 Å². The Hall–Kier alpha value is -2.41. The number of anilines is 1. The SMILES string of the molecule is CS(=O)(=O)c1cc([N+](=O)[O-])ccc1NCC1CCc2ccccc2C1. The molecule has 0 amide bonds. The van der Waals surface area contributed by atoms with E-state index < -0.39 is 14.8 Å². The lowest BCUT2D eigenvalue weighted by Crippen LogP contribution is -2.22. The first-order chi connectivity index (χ1) is 11.8. The Labute approximate surface area is 147 Å². The van der Waals surface area contributed by atoms with Crippen molar-refractivity contribution in [2.75, 3.05) is 18.1 Å². The van der Waals surface area contributed by atoms with Crippen LogP contribution in [0.25, 0.3) is 0 Å². The van der Waals surface area contributed by atoms with Gasteiger partial charge < -0.3 is 5.32 Å². The minimum Gasteiger partial charge on any atom is -0.384 e. The quantitative estimate of drug-likeness (QED) is 0.653. The van der Waals surface area contributed by atoms with Crippen molar-refractivity contribution in [2.24, 2.45) is 5.92 Å². The predicted octanol–water partition coefficient (Wildman–Crippen LogP) is 3.22. The third-order valence-corrected chi connectivity index (χ3v) is 5.74. The van der Waals surface area contributed by atoms with Crippen LogP contribution in [-0.4, -0.2) is 26.1 Å². The molecule has 0 aliphatic heterocycles. The van der Waals surface area contributed by atoms with Gasteiger partial charge in [0.1, 0.15) is 0 Å². The number of nitrogens with zero attached hydrogens (tertiary/aromatic N) is 1. The third-order valence-electron chi connectivity index (χ3n) is 4.61. The van der Waals surface area contributed by atoms with Crippen LogP contribution in [0.4, 0.5) is 11.4 Å². The molecule has 0 radical (unpaired) electrons. The number of non-ortho nitro benzene ring substituents is 1. The molecular formula is C18H20N2O4S. The topological polar surface area (TPSA) is 89.3 Å². The van der Waals surface area contributed by atoms with Crippen LogP contribution in [0, 0.1) is 16.0 Å². The second-order valence-electron chi connectivity index (χ2n) is 6.47. The first-order valence-electron chi connectivity index (χ1n) is 8.14. The summed E-state index contributed by atoms with van der Waals surface area (Å²) in [4.78, 5) is 10.3. The van der Waals surface area contributed by atoms with Crippen LogP contribution in [0.15, 0.2) is 47.4 Å². The first kappa shape index (κ1) is 17.4. The van der Waals surface area contributed by atoms with Gasteiger partial charge in [0, 0.05) is 24.9 Å². The lowest BCUT2D eigenvalue weighted by atomic mass is 9.84. The zero-order valence-corrected chi connectivity index (χ0v) is 14.8. The Kier molecular flexibility index (Phi) is 4.76. The smallest absolute Gasteiger partial charge is 0.270 e. The monoisotopic (exact) mass is 360 g/mol. The van der Waals surface area contributed by atoms with Crippen LogP contribution in [0.1, 0.15) is 17.5 Å². The number of hydrogen-bond acceptors (Lipinski definition) is 5. The number of nitro benzene ring substituents is 1. The number of nitrogens with one attached hydrogen (secondary N) is 1. The summed E-state index contributed by atoms with van der Waals surface area (Å²) in [5.74, 6) is 0.400. The molecule has 25 heavy (non-hydrogen) atoms. The van der Waals surface area contributed by atoms with E-state index in [1.807, 2.05) is 12.1 Å². The van der Waals surface area contributed by atoms with Gasteiger partial charge in [-0.1, -0.05) is 24.3 Å².